The zero-order valence-electron chi connectivity index (χ0n) is 9.05. The van der Waals surface area contributed by atoms with Crippen LogP contribution in [0.1, 0.15) is 32.1 Å². The minimum Gasteiger partial charge on any atom is -0.351 e. The highest BCUT2D eigenvalue weighted by atomic mass is 17.0. The first-order valence-corrected chi connectivity index (χ1v) is 5.44. The number of hydrogen-bond acceptors (Lipinski definition) is 5. The Hall–Kier alpha value is -1.37. The molecule has 0 bridgehead atoms. The topological polar surface area (TPSA) is 107 Å². The van der Waals surface area contributed by atoms with Crippen molar-refractivity contribution >= 4 is 5.91 Å². The monoisotopic (exact) mass is 231 g/mol. The lowest BCUT2D eigenvalue weighted by Crippen LogP contribution is -2.47. The maximum atomic E-state index is 11.3. The number of hydrogen-bond donors (Lipinski definition) is 2. The van der Waals surface area contributed by atoms with E-state index in [1.807, 2.05) is 0 Å². The lowest BCUT2D eigenvalue weighted by Gasteiger charge is -2.30. The molecule has 7 nitrogen and oxygen atoms in total. The molecular weight excluding hydrogens is 214 g/mol. The number of carbonyl (C=O) groups is 1. The van der Waals surface area contributed by atoms with E-state index >= 15 is 0 Å². The maximum absolute atomic E-state index is 11.3. The predicted octanol–water partition coefficient (Wildman–Crippen LogP) is -0.0291. The van der Waals surface area contributed by atoms with Crippen LogP contribution in [-0.2, 0) is 9.63 Å². The fourth-order valence-electron chi connectivity index (χ4n) is 1.91. The minimum atomic E-state index is -0.794. The molecule has 0 saturated heterocycles. The van der Waals surface area contributed by atoms with Gasteiger partial charge in [0.05, 0.1) is 6.04 Å². The summed E-state index contributed by atoms with van der Waals surface area (Å²) >= 11 is 0. The summed E-state index contributed by atoms with van der Waals surface area (Å²) in [6.07, 6.45) is 2.88. The first-order valence-electron chi connectivity index (χ1n) is 5.44. The zero-order chi connectivity index (χ0) is 12.0. The van der Waals surface area contributed by atoms with Crippen LogP contribution in [0.15, 0.2) is 0 Å². The molecule has 3 N–H and O–H groups in total. The van der Waals surface area contributed by atoms with E-state index in [0.29, 0.717) is 6.42 Å². The Morgan fingerprint density at radius 2 is 2.19 bits per heavy atom. The van der Waals surface area contributed by atoms with Crippen LogP contribution in [0, 0.1) is 10.1 Å². The summed E-state index contributed by atoms with van der Waals surface area (Å²) in [6.45, 7) is 0.277. The Morgan fingerprint density at radius 3 is 2.81 bits per heavy atom. The summed E-state index contributed by atoms with van der Waals surface area (Å²) in [5, 5.41) is 12.2. The molecule has 2 unspecified atom stereocenters. The fraction of sp³-hybridized carbons (Fsp3) is 0.889. The fourth-order valence-corrected chi connectivity index (χ4v) is 1.91. The van der Waals surface area contributed by atoms with E-state index in [0.717, 1.165) is 19.3 Å². The number of nitrogens with one attached hydrogen (secondary N) is 1. The largest absolute Gasteiger partial charge is 0.351 e. The molecule has 1 fully saturated rings. The maximum Gasteiger partial charge on any atom is 0.294 e. The van der Waals surface area contributed by atoms with Crippen molar-refractivity contribution in [1.29, 1.82) is 0 Å². The molecule has 0 aromatic carbocycles. The van der Waals surface area contributed by atoms with E-state index in [4.69, 9.17) is 5.73 Å². The molecule has 2 atom stereocenters. The number of amides is 1. The average Bonchev–Trinajstić information content (AvgIpc) is 2.20. The molecule has 0 radical (unpaired) electrons. The van der Waals surface area contributed by atoms with Crippen LogP contribution in [0.25, 0.3) is 0 Å². The van der Waals surface area contributed by atoms with Crippen molar-refractivity contribution in [3.8, 4) is 0 Å². The van der Waals surface area contributed by atoms with Gasteiger partial charge in [-0.05, 0) is 12.8 Å². The second kappa shape index (κ2) is 6.26. The molecule has 1 amide bonds. The van der Waals surface area contributed by atoms with E-state index in [1.54, 1.807) is 0 Å². The van der Waals surface area contributed by atoms with Crippen LogP contribution < -0.4 is 11.1 Å². The highest BCUT2D eigenvalue weighted by Gasteiger charge is 2.29. The van der Waals surface area contributed by atoms with Crippen molar-refractivity contribution in [1.82, 2.24) is 5.32 Å². The third-order valence-corrected chi connectivity index (χ3v) is 2.64. The van der Waals surface area contributed by atoms with Gasteiger partial charge in [-0.3, -0.25) is 4.79 Å². The van der Waals surface area contributed by atoms with Gasteiger partial charge in [-0.25, -0.2) is 0 Å². The third kappa shape index (κ3) is 4.01. The minimum absolute atomic E-state index is 0.175. The van der Waals surface area contributed by atoms with Crippen molar-refractivity contribution in [3.05, 3.63) is 10.1 Å². The lowest BCUT2D eigenvalue weighted by atomic mass is 9.92. The predicted molar refractivity (Wildman–Crippen MR) is 55.9 cm³/mol. The summed E-state index contributed by atoms with van der Waals surface area (Å²) in [5.74, 6) is -0.175. The molecule has 0 spiro atoms. The summed E-state index contributed by atoms with van der Waals surface area (Å²) in [6, 6.07) is -0.266. The Morgan fingerprint density at radius 1 is 1.50 bits per heavy atom. The summed E-state index contributed by atoms with van der Waals surface area (Å²) < 4.78 is 0. The lowest BCUT2D eigenvalue weighted by molar-refractivity contribution is -0.770. The Kier molecular flexibility index (Phi) is 4.97. The molecule has 0 aromatic heterocycles. The molecular formula is C9H17N3O4. The standard InChI is InChI=1S/C9H17N3O4/c10-6-5-9(13)11-7-3-1-2-4-8(7)16-12(14)15/h7-8H,1-6,10H2,(H,11,13). The highest BCUT2D eigenvalue weighted by Crippen LogP contribution is 2.21. The van der Waals surface area contributed by atoms with Crippen molar-refractivity contribution in [2.75, 3.05) is 6.54 Å². The molecule has 1 rings (SSSR count). The normalized spacial score (nSPS) is 24.8. The SMILES string of the molecule is NCCC(=O)NC1CCCCC1O[N+](=O)[O-]. The molecule has 7 heteroatoms. The van der Waals surface area contributed by atoms with Gasteiger partial charge in [-0.2, -0.15) is 0 Å². The average molecular weight is 231 g/mol. The van der Waals surface area contributed by atoms with E-state index in [2.05, 4.69) is 10.2 Å². The van der Waals surface area contributed by atoms with Crippen LogP contribution in [0.3, 0.4) is 0 Å². The molecule has 0 aromatic rings. The molecule has 0 heterocycles. The summed E-state index contributed by atoms with van der Waals surface area (Å²) in [7, 11) is 0. The summed E-state index contributed by atoms with van der Waals surface area (Å²) in [4.78, 5) is 26.2. The van der Waals surface area contributed by atoms with Crippen LogP contribution in [0.2, 0.25) is 0 Å². The van der Waals surface area contributed by atoms with Crippen molar-refractivity contribution in [3.63, 3.8) is 0 Å². The van der Waals surface area contributed by atoms with E-state index in [9.17, 15) is 14.9 Å². The first-order chi connectivity index (χ1) is 7.63. The molecule has 92 valence electrons. The van der Waals surface area contributed by atoms with Crippen molar-refractivity contribution in [2.45, 2.75) is 44.2 Å². The van der Waals surface area contributed by atoms with Gasteiger partial charge in [-0.1, -0.05) is 12.8 Å². The van der Waals surface area contributed by atoms with Crippen molar-refractivity contribution in [2.24, 2.45) is 5.73 Å². The van der Waals surface area contributed by atoms with E-state index < -0.39 is 11.2 Å². The van der Waals surface area contributed by atoms with Crippen LogP contribution in [-0.4, -0.2) is 29.7 Å². The Bertz CT molecular complexity index is 259. The van der Waals surface area contributed by atoms with Gasteiger partial charge < -0.3 is 15.9 Å². The van der Waals surface area contributed by atoms with Gasteiger partial charge in [-0.15, -0.1) is 10.1 Å². The van der Waals surface area contributed by atoms with Gasteiger partial charge in [0.25, 0.3) is 5.09 Å². The van der Waals surface area contributed by atoms with Gasteiger partial charge >= 0.3 is 0 Å². The van der Waals surface area contributed by atoms with E-state index in [-0.39, 0.29) is 24.9 Å². The quantitative estimate of drug-likeness (QED) is 0.510. The molecule has 1 aliphatic rings. The number of nitrogens with two attached hydrogens (primary N) is 1. The zero-order valence-corrected chi connectivity index (χ0v) is 9.05. The molecule has 0 aliphatic heterocycles. The number of carbonyl (C=O) groups excluding carboxylic acids is 1. The van der Waals surface area contributed by atoms with Crippen LogP contribution in [0.4, 0.5) is 0 Å². The summed E-state index contributed by atoms with van der Waals surface area (Å²) in [5.41, 5.74) is 5.25. The van der Waals surface area contributed by atoms with Gasteiger partial charge in [0.15, 0.2) is 0 Å². The highest BCUT2D eigenvalue weighted by molar-refractivity contribution is 5.76. The van der Waals surface area contributed by atoms with Crippen LogP contribution in [0.5, 0.6) is 0 Å². The van der Waals surface area contributed by atoms with Gasteiger partial charge in [0, 0.05) is 13.0 Å². The third-order valence-electron chi connectivity index (χ3n) is 2.64. The smallest absolute Gasteiger partial charge is 0.294 e. The number of rotatable bonds is 5. The van der Waals surface area contributed by atoms with Gasteiger partial charge in [0.1, 0.15) is 6.10 Å². The van der Waals surface area contributed by atoms with Gasteiger partial charge in [0.2, 0.25) is 5.91 Å². The first kappa shape index (κ1) is 12.7. The van der Waals surface area contributed by atoms with Crippen LogP contribution >= 0.6 is 0 Å². The second-order valence-electron chi connectivity index (χ2n) is 3.86. The van der Waals surface area contributed by atoms with E-state index in [1.165, 1.54) is 0 Å². The Balaban J connectivity index is 2.46. The molecule has 16 heavy (non-hydrogen) atoms. The number of nitrogens with zero attached hydrogens (tertiary/aromatic N) is 1. The molecule has 1 saturated carbocycles. The molecule has 1 aliphatic carbocycles. The van der Waals surface area contributed by atoms with Crippen molar-refractivity contribution < 1.29 is 14.7 Å². The second-order valence-corrected chi connectivity index (χ2v) is 3.86. The Labute approximate surface area is 93.4 Å².